The molecule has 0 radical (unpaired) electrons. The third kappa shape index (κ3) is 3.48. The van der Waals surface area contributed by atoms with Gasteiger partial charge in [-0.25, -0.2) is 0 Å². The van der Waals surface area contributed by atoms with Crippen molar-refractivity contribution in [3.8, 4) is 0 Å². The minimum absolute atomic E-state index is 0.00186. The maximum Gasteiger partial charge on any atom is 0.225 e. The fourth-order valence-corrected chi connectivity index (χ4v) is 4.42. The quantitative estimate of drug-likeness (QED) is 0.886. The second-order valence-electron chi connectivity index (χ2n) is 7.83. The number of rotatable bonds is 4. The molecule has 1 aliphatic heterocycles. The number of fused-ring (bicyclic) bond motifs is 1. The molecular weight excluding hydrogens is 326 g/mol. The molecule has 1 unspecified atom stereocenters. The Kier molecular flexibility index (Phi) is 4.70. The van der Waals surface area contributed by atoms with E-state index < -0.39 is 0 Å². The number of amides is 2. The normalized spacial score (nSPS) is 21.5. The summed E-state index contributed by atoms with van der Waals surface area (Å²) in [7, 11) is 0. The van der Waals surface area contributed by atoms with Gasteiger partial charge in [0.05, 0.1) is 5.92 Å². The Morgan fingerprint density at radius 1 is 1.23 bits per heavy atom. The van der Waals surface area contributed by atoms with E-state index >= 15 is 0 Å². The molecule has 1 aliphatic carbocycles. The van der Waals surface area contributed by atoms with E-state index in [2.05, 4.69) is 22.4 Å². The summed E-state index contributed by atoms with van der Waals surface area (Å²) in [6, 6.07) is 8.65. The van der Waals surface area contributed by atoms with E-state index in [-0.39, 0.29) is 17.7 Å². The van der Waals surface area contributed by atoms with Crippen LogP contribution in [0.3, 0.4) is 0 Å². The van der Waals surface area contributed by atoms with Crippen LogP contribution in [0.5, 0.6) is 0 Å². The summed E-state index contributed by atoms with van der Waals surface area (Å²) in [5.74, 6) is -0.0501. The molecule has 138 valence electrons. The van der Waals surface area contributed by atoms with Crippen LogP contribution in [0, 0.1) is 12.8 Å². The molecule has 5 heteroatoms. The van der Waals surface area contributed by atoms with Gasteiger partial charge in [-0.05, 0) is 48.9 Å². The molecule has 2 amide bonds. The Morgan fingerprint density at radius 3 is 2.85 bits per heavy atom. The summed E-state index contributed by atoms with van der Waals surface area (Å²) in [5, 5.41) is 4.19. The Hall–Kier alpha value is -2.30. The van der Waals surface area contributed by atoms with Crippen molar-refractivity contribution in [3.05, 3.63) is 35.5 Å². The van der Waals surface area contributed by atoms with Gasteiger partial charge in [0.1, 0.15) is 0 Å². The summed E-state index contributed by atoms with van der Waals surface area (Å²) >= 11 is 0. The topological polar surface area (TPSA) is 65.2 Å². The van der Waals surface area contributed by atoms with Crippen molar-refractivity contribution < 1.29 is 9.59 Å². The molecular formula is C21H27N3O2. The zero-order valence-corrected chi connectivity index (χ0v) is 15.4. The van der Waals surface area contributed by atoms with Crippen LogP contribution in [0.25, 0.3) is 10.9 Å². The molecule has 2 heterocycles. The molecule has 2 aliphatic rings. The summed E-state index contributed by atoms with van der Waals surface area (Å²) in [4.78, 5) is 30.2. The van der Waals surface area contributed by atoms with E-state index in [4.69, 9.17) is 0 Å². The smallest absolute Gasteiger partial charge is 0.225 e. The number of H-pyrrole nitrogens is 1. The first kappa shape index (κ1) is 17.1. The molecule has 0 bridgehead atoms. The van der Waals surface area contributed by atoms with Gasteiger partial charge in [-0.2, -0.15) is 0 Å². The van der Waals surface area contributed by atoms with E-state index in [9.17, 15) is 9.59 Å². The van der Waals surface area contributed by atoms with E-state index in [0.29, 0.717) is 25.6 Å². The van der Waals surface area contributed by atoms with Gasteiger partial charge in [0.15, 0.2) is 0 Å². The lowest BCUT2D eigenvalue weighted by Crippen LogP contribution is -2.39. The average molecular weight is 353 g/mol. The van der Waals surface area contributed by atoms with Crippen molar-refractivity contribution in [1.29, 1.82) is 0 Å². The average Bonchev–Trinajstić information content (AvgIpc) is 3.21. The first-order chi connectivity index (χ1) is 12.6. The number of aromatic amines is 1. The number of hydrogen-bond acceptors (Lipinski definition) is 2. The number of benzene rings is 1. The van der Waals surface area contributed by atoms with Crippen LogP contribution in [0.15, 0.2) is 24.3 Å². The molecule has 2 aromatic rings. The number of nitrogens with one attached hydrogen (secondary N) is 2. The van der Waals surface area contributed by atoms with Gasteiger partial charge in [-0.1, -0.05) is 25.3 Å². The highest BCUT2D eigenvalue weighted by atomic mass is 16.2. The van der Waals surface area contributed by atoms with Crippen molar-refractivity contribution in [1.82, 2.24) is 15.2 Å². The van der Waals surface area contributed by atoms with Crippen molar-refractivity contribution >= 4 is 22.7 Å². The molecule has 2 N–H and O–H groups in total. The summed E-state index contributed by atoms with van der Waals surface area (Å²) < 4.78 is 0. The highest BCUT2D eigenvalue weighted by Gasteiger charge is 2.37. The second kappa shape index (κ2) is 7.14. The van der Waals surface area contributed by atoms with Crippen LogP contribution >= 0.6 is 0 Å². The van der Waals surface area contributed by atoms with Crippen LogP contribution < -0.4 is 5.32 Å². The van der Waals surface area contributed by atoms with Crippen LogP contribution in [-0.2, 0) is 16.1 Å². The molecule has 5 nitrogen and oxygen atoms in total. The number of carbonyl (C=O) groups excluding carboxylic acids is 2. The van der Waals surface area contributed by atoms with Crippen LogP contribution in [0.4, 0.5) is 0 Å². The maximum atomic E-state index is 12.6. The molecule has 2 fully saturated rings. The van der Waals surface area contributed by atoms with E-state index in [0.717, 1.165) is 35.0 Å². The highest BCUT2D eigenvalue weighted by Crippen LogP contribution is 2.28. The lowest BCUT2D eigenvalue weighted by molar-refractivity contribution is -0.130. The first-order valence-corrected chi connectivity index (χ1v) is 9.75. The number of hydrogen-bond donors (Lipinski definition) is 2. The van der Waals surface area contributed by atoms with Gasteiger partial charge in [0.25, 0.3) is 0 Å². The van der Waals surface area contributed by atoms with Crippen LogP contribution in [0.2, 0.25) is 0 Å². The molecule has 0 spiro atoms. The number of aryl methyl sites for hydroxylation is 1. The second-order valence-corrected chi connectivity index (χ2v) is 7.83. The zero-order valence-electron chi connectivity index (χ0n) is 15.4. The standard InChI is InChI=1S/C21H27N3O2/c1-14-9-16-10-15(7-8-19(16)23-14)12-22-21(26)17-11-20(25)24(13-17)18-5-3-2-4-6-18/h7-10,17-18,23H,2-6,11-13H2,1H3,(H,22,26). The van der Waals surface area contributed by atoms with E-state index in [1.54, 1.807) is 0 Å². The molecule has 1 saturated carbocycles. The van der Waals surface area contributed by atoms with Crippen LogP contribution in [-0.4, -0.2) is 34.3 Å². The number of carbonyl (C=O) groups is 2. The number of aromatic nitrogens is 1. The molecule has 1 atom stereocenters. The number of likely N-dealkylation sites (tertiary alicyclic amines) is 1. The van der Waals surface area contributed by atoms with Gasteiger partial charge < -0.3 is 15.2 Å². The Morgan fingerprint density at radius 2 is 2.04 bits per heavy atom. The summed E-state index contributed by atoms with van der Waals surface area (Å²) in [6.45, 7) is 3.13. The predicted molar refractivity (Wildman–Crippen MR) is 102 cm³/mol. The molecule has 4 rings (SSSR count). The SMILES string of the molecule is Cc1cc2cc(CNC(=O)C3CC(=O)N(C4CCCCC4)C3)ccc2[nH]1. The monoisotopic (exact) mass is 353 g/mol. The zero-order chi connectivity index (χ0) is 18.1. The molecule has 1 aromatic carbocycles. The van der Waals surface area contributed by atoms with Gasteiger partial charge in [-0.15, -0.1) is 0 Å². The first-order valence-electron chi connectivity index (χ1n) is 9.75. The van der Waals surface area contributed by atoms with Crippen molar-refractivity contribution in [2.45, 2.75) is 58.0 Å². The Labute approximate surface area is 154 Å². The van der Waals surface area contributed by atoms with Crippen LogP contribution in [0.1, 0.15) is 49.8 Å². The van der Waals surface area contributed by atoms with Gasteiger partial charge in [0.2, 0.25) is 11.8 Å². The third-order valence-electron chi connectivity index (χ3n) is 5.83. The van der Waals surface area contributed by atoms with Crippen molar-refractivity contribution in [2.75, 3.05) is 6.54 Å². The van der Waals surface area contributed by atoms with Crippen molar-refractivity contribution in [2.24, 2.45) is 5.92 Å². The minimum atomic E-state index is -0.206. The predicted octanol–water partition coefficient (Wildman–Crippen LogP) is 3.27. The molecule has 1 aromatic heterocycles. The fourth-order valence-electron chi connectivity index (χ4n) is 4.42. The lowest BCUT2D eigenvalue weighted by Gasteiger charge is -2.31. The summed E-state index contributed by atoms with van der Waals surface area (Å²) in [6.07, 6.45) is 6.22. The van der Waals surface area contributed by atoms with E-state index in [1.165, 1.54) is 19.3 Å². The van der Waals surface area contributed by atoms with E-state index in [1.807, 2.05) is 24.0 Å². The summed E-state index contributed by atoms with van der Waals surface area (Å²) in [5.41, 5.74) is 3.33. The highest BCUT2D eigenvalue weighted by molar-refractivity contribution is 5.89. The Balaban J connectivity index is 1.34. The van der Waals surface area contributed by atoms with Gasteiger partial charge >= 0.3 is 0 Å². The van der Waals surface area contributed by atoms with Gasteiger partial charge in [0, 0.05) is 36.8 Å². The maximum absolute atomic E-state index is 12.6. The Bertz CT molecular complexity index is 820. The fraction of sp³-hybridized carbons (Fsp3) is 0.524. The molecule has 26 heavy (non-hydrogen) atoms. The number of nitrogens with zero attached hydrogens (tertiary/aromatic N) is 1. The van der Waals surface area contributed by atoms with Crippen molar-refractivity contribution in [3.63, 3.8) is 0 Å². The largest absolute Gasteiger partial charge is 0.359 e. The third-order valence-corrected chi connectivity index (χ3v) is 5.83. The minimum Gasteiger partial charge on any atom is -0.359 e. The van der Waals surface area contributed by atoms with Gasteiger partial charge in [-0.3, -0.25) is 9.59 Å². The molecule has 1 saturated heterocycles. The lowest BCUT2D eigenvalue weighted by atomic mass is 9.94.